The van der Waals surface area contributed by atoms with Crippen LogP contribution in [0.3, 0.4) is 0 Å². The summed E-state index contributed by atoms with van der Waals surface area (Å²) in [5, 5.41) is 12.8. The van der Waals surface area contributed by atoms with Gasteiger partial charge in [0, 0.05) is 4.88 Å². The molecule has 0 bridgehead atoms. The number of aliphatic hydroxyl groups excluding tert-OH is 1. The van der Waals surface area contributed by atoms with Gasteiger partial charge in [-0.1, -0.05) is 19.8 Å². The monoisotopic (exact) mass is 267 g/mol. The molecule has 1 saturated carbocycles. The Hall–Kier alpha value is -0.870. The maximum absolute atomic E-state index is 12.1. The van der Waals surface area contributed by atoms with Crippen molar-refractivity contribution in [2.45, 2.75) is 58.1 Å². The number of amides is 1. The molecule has 4 heteroatoms. The SMILES string of the molecule is CCc1cc(C(=O)N[C@H]2CCCC[C@@H]2O)sc1C. The molecule has 0 unspecified atom stereocenters. The zero-order valence-corrected chi connectivity index (χ0v) is 11.8. The van der Waals surface area contributed by atoms with E-state index in [4.69, 9.17) is 0 Å². The van der Waals surface area contributed by atoms with Crippen LogP contribution in [0.4, 0.5) is 0 Å². The van der Waals surface area contributed by atoms with Crippen LogP contribution in [0.5, 0.6) is 0 Å². The van der Waals surface area contributed by atoms with E-state index in [1.165, 1.54) is 10.4 Å². The van der Waals surface area contributed by atoms with Gasteiger partial charge in [-0.2, -0.15) is 0 Å². The van der Waals surface area contributed by atoms with E-state index in [1.807, 2.05) is 6.07 Å². The van der Waals surface area contributed by atoms with E-state index < -0.39 is 0 Å². The second kappa shape index (κ2) is 5.85. The molecule has 18 heavy (non-hydrogen) atoms. The van der Waals surface area contributed by atoms with Crippen molar-refractivity contribution in [3.8, 4) is 0 Å². The molecule has 1 fully saturated rings. The average molecular weight is 267 g/mol. The van der Waals surface area contributed by atoms with Crippen molar-refractivity contribution >= 4 is 17.2 Å². The highest BCUT2D eigenvalue weighted by atomic mass is 32.1. The van der Waals surface area contributed by atoms with Crippen molar-refractivity contribution in [3.05, 3.63) is 21.4 Å². The molecule has 0 saturated heterocycles. The first-order valence-corrected chi connectivity index (χ1v) is 7.51. The summed E-state index contributed by atoms with van der Waals surface area (Å²) in [6.45, 7) is 4.15. The minimum absolute atomic E-state index is 0.0336. The lowest BCUT2D eigenvalue weighted by atomic mass is 9.92. The quantitative estimate of drug-likeness (QED) is 0.884. The Morgan fingerprint density at radius 3 is 2.83 bits per heavy atom. The van der Waals surface area contributed by atoms with Crippen LogP contribution in [0.1, 0.15) is 52.7 Å². The van der Waals surface area contributed by atoms with E-state index in [0.717, 1.165) is 37.0 Å². The first-order chi connectivity index (χ1) is 8.61. The fourth-order valence-electron chi connectivity index (χ4n) is 2.50. The lowest BCUT2D eigenvalue weighted by Crippen LogP contribution is -2.44. The third-order valence-electron chi connectivity index (χ3n) is 3.67. The third kappa shape index (κ3) is 2.93. The van der Waals surface area contributed by atoms with E-state index in [9.17, 15) is 9.90 Å². The highest BCUT2D eigenvalue weighted by Crippen LogP contribution is 2.23. The van der Waals surface area contributed by atoms with Crippen molar-refractivity contribution in [3.63, 3.8) is 0 Å². The molecule has 1 aromatic heterocycles. The Morgan fingerprint density at radius 1 is 1.50 bits per heavy atom. The fourth-order valence-corrected chi connectivity index (χ4v) is 3.52. The van der Waals surface area contributed by atoms with Crippen LogP contribution in [0, 0.1) is 6.92 Å². The summed E-state index contributed by atoms with van der Waals surface area (Å²) < 4.78 is 0. The van der Waals surface area contributed by atoms with Gasteiger partial charge < -0.3 is 10.4 Å². The number of aliphatic hydroxyl groups is 1. The van der Waals surface area contributed by atoms with Crippen LogP contribution in [0.15, 0.2) is 6.07 Å². The molecular formula is C14H21NO2S. The Labute approximate surface area is 112 Å². The first-order valence-electron chi connectivity index (χ1n) is 6.70. The van der Waals surface area contributed by atoms with Crippen LogP contribution in [0.25, 0.3) is 0 Å². The number of carbonyl (C=O) groups is 1. The van der Waals surface area contributed by atoms with Gasteiger partial charge >= 0.3 is 0 Å². The average Bonchev–Trinajstić information content (AvgIpc) is 2.73. The molecule has 3 nitrogen and oxygen atoms in total. The summed E-state index contributed by atoms with van der Waals surface area (Å²) in [6, 6.07) is 1.91. The number of rotatable bonds is 3. The van der Waals surface area contributed by atoms with E-state index in [2.05, 4.69) is 19.2 Å². The van der Waals surface area contributed by atoms with Gasteiger partial charge in [0.05, 0.1) is 17.0 Å². The van der Waals surface area contributed by atoms with Gasteiger partial charge in [-0.3, -0.25) is 4.79 Å². The van der Waals surface area contributed by atoms with Crippen molar-refractivity contribution in [2.75, 3.05) is 0 Å². The Kier molecular flexibility index (Phi) is 4.40. The van der Waals surface area contributed by atoms with Crippen LogP contribution >= 0.6 is 11.3 Å². The van der Waals surface area contributed by atoms with Crippen LogP contribution in [0.2, 0.25) is 0 Å². The highest BCUT2D eigenvalue weighted by molar-refractivity contribution is 7.14. The molecule has 0 spiro atoms. The summed E-state index contributed by atoms with van der Waals surface area (Å²) in [6.07, 6.45) is 4.42. The minimum atomic E-state index is -0.380. The van der Waals surface area contributed by atoms with Gasteiger partial charge in [-0.15, -0.1) is 11.3 Å². The summed E-state index contributed by atoms with van der Waals surface area (Å²) in [5.74, 6) is -0.0336. The smallest absolute Gasteiger partial charge is 0.261 e. The Balaban J connectivity index is 2.02. The molecule has 0 aliphatic heterocycles. The molecule has 2 rings (SSSR count). The Morgan fingerprint density at radius 2 is 2.22 bits per heavy atom. The predicted molar refractivity (Wildman–Crippen MR) is 74.2 cm³/mol. The largest absolute Gasteiger partial charge is 0.391 e. The van der Waals surface area contributed by atoms with Gasteiger partial charge in [-0.05, 0) is 37.8 Å². The summed E-state index contributed by atoms with van der Waals surface area (Å²) in [5.41, 5.74) is 1.24. The van der Waals surface area contributed by atoms with Crippen LogP contribution < -0.4 is 5.32 Å². The topological polar surface area (TPSA) is 49.3 Å². The predicted octanol–water partition coefficient (Wildman–Crippen LogP) is 2.65. The fraction of sp³-hybridized carbons (Fsp3) is 0.643. The van der Waals surface area contributed by atoms with Gasteiger partial charge in [-0.25, -0.2) is 0 Å². The summed E-state index contributed by atoms with van der Waals surface area (Å²) in [4.78, 5) is 14.1. The van der Waals surface area contributed by atoms with Gasteiger partial charge in [0.25, 0.3) is 5.91 Å². The zero-order valence-electron chi connectivity index (χ0n) is 11.0. The van der Waals surface area contributed by atoms with E-state index in [-0.39, 0.29) is 18.1 Å². The molecule has 0 aromatic carbocycles. The van der Waals surface area contributed by atoms with Crippen molar-refractivity contribution in [1.82, 2.24) is 5.32 Å². The van der Waals surface area contributed by atoms with Crippen molar-refractivity contribution in [1.29, 1.82) is 0 Å². The van der Waals surface area contributed by atoms with Crippen molar-refractivity contribution in [2.24, 2.45) is 0 Å². The summed E-state index contributed by atoms with van der Waals surface area (Å²) in [7, 11) is 0. The molecule has 1 amide bonds. The lowest BCUT2D eigenvalue weighted by molar-refractivity contribution is 0.0720. The number of aryl methyl sites for hydroxylation is 2. The first kappa shape index (κ1) is 13.6. The summed E-state index contributed by atoms with van der Waals surface area (Å²) >= 11 is 1.54. The number of thiophene rings is 1. The number of hydrogen-bond donors (Lipinski definition) is 2. The molecule has 1 aliphatic rings. The third-order valence-corrected chi connectivity index (χ3v) is 4.76. The Bertz CT molecular complexity index is 427. The van der Waals surface area contributed by atoms with Gasteiger partial charge in [0.15, 0.2) is 0 Å². The number of hydrogen-bond acceptors (Lipinski definition) is 3. The normalized spacial score (nSPS) is 23.9. The van der Waals surface area contributed by atoms with Crippen LogP contribution in [-0.2, 0) is 6.42 Å². The maximum atomic E-state index is 12.1. The molecule has 100 valence electrons. The van der Waals surface area contributed by atoms with Crippen molar-refractivity contribution < 1.29 is 9.90 Å². The second-order valence-corrected chi connectivity index (χ2v) is 6.23. The lowest BCUT2D eigenvalue weighted by Gasteiger charge is -2.28. The molecule has 0 radical (unpaired) electrons. The molecule has 1 aliphatic carbocycles. The van der Waals surface area contributed by atoms with E-state index in [1.54, 1.807) is 11.3 Å². The number of carbonyl (C=O) groups excluding carboxylic acids is 1. The minimum Gasteiger partial charge on any atom is -0.391 e. The molecule has 2 atom stereocenters. The molecule has 1 heterocycles. The van der Waals surface area contributed by atoms with Gasteiger partial charge in [0.1, 0.15) is 0 Å². The van der Waals surface area contributed by atoms with Crippen LogP contribution in [-0.4, -0.2) is 23.2 Å². The van der Waals surface area contributed by atoms with E-state index >= 15 is 0 Å². The standard InChI is InChI=1S/C14H21NO2S/c1-3-10-8-13(18-9(10)2)14(17)15-11-6-4-5-7-12(11)16/h8,11-12,16H,3-7H2,1-2H3,(H,15,17)/t11-,12-/m0/s1. The van der Waals surface area contributed by atoms with Gasteiger partial charge in [0.2, 0.25) is 0 Å². The molecule has 1 aromatic rings. The molecule has 2 N–H and O–H groups in total. The zero-order chi connectivity index (χ0) is 13.1. The molecular weight excluding hydrogens is 246 g/mol. The second-order valence-electron chi connectivity index (χ2n) is 4.98. The highest BCUT2D eigenvalue weighted by Gasteiger charge is 2.25. The number of nitrogens with one attached hydrogen (secondary N) is 1. The van der Waals surface area contributed by atoms with E-state index in [0.29, 0.717) is 0 Å². The maximum Gasteiger partial charge on any atom is 0.261 e.